The molecule has 0 spiro atoms. The van der Waals surface area contributed by atoms with Crippen LogP contribution in [0.1, 0.15) is 22.3 Å². The molecule has 1 amide bonds. The molecule has 0 bridgehead atoms. The summed E-state index contributed by atoms with van der Waals surface area (Å²) in [4.78, 5) is 23.3. The summed E-state index contributed by atoms with van der Waals surface area (Å²) in [5, 5.41) is 23.4. The Hall–Kier alpha value is -4.90. The van der Waals surface area contributed by atoms with Crippen molar-refractivity contribution in [1.29, 1.82) is 5.26 Å². The molecule has 0 unspecified atom stereocenters. The monoisotopic (exact) mass is 483 g/mol. The summed E-state index contributed by atoms with van der Waals surface area (Å²) in [6.07, 6.45) is 3.60. The molecule has 8 nitrogen and oxygen atoms in total. The molecule has 0 saturated carbocycles. The molecule has 8 heteroatoms. The lowest BCUT2D eigenvalue weighted by Crippen LogP contribution is -2.13. The van der Waals surface area contributed by atoms with Crippen LogP contribution in [0, 0.1) is 28.4 Å². The maximum atomic E-state index is 12.7. The van der Waals surface area contributed by atoms with Crippen LogP contribution in [-0.2, 0) is 17.8 Å². The van der Waals surface area contributed by atoms with Gasteiger partial charge in [-0.3, -0.25) is 14.9 Å². The number of hydrogen-bond acceptors (Lipinski definition) is 6. The topological polar surface area (TPSA) is 114 Å². The SMILES string of the molecule is C=CCc1cc(/C=C(/C#N)C(=O)Nc2ccc(C)cc2)cc(OC)c1OCc1cccc([N+](=O)[O-])c1. The number of rotatable bonds is 10. The summed E-state index contributed by atoms with van der Waals surface area (Å²) in [5.74, 6) is 0.308. The average molecular weight is 484 g/mol. The number of nitro benzene ring substituents is 1. The van der Waals surface area contributed by atoms with Gasteiger partial charge in [-0.2, -0.15) is 5.26 Å². The number of nitriles is 1. The fourth-order valence-electron chi connectivity index (χ4n) is 3.46. The summed E-state index contributed by atoms with van der Waals surface area (Å²) in [5.41, 5.74) is 3.45. The van der Waals surface area contributed by atoms with E-state index in [4.69, 9.17) is 9.47 Å². The molecule has 0 saturated heterocycles. The first-order chi connectivity index (χ1) is 17.3. The maximum absolute atomic E-state index is 12.7. The number of methoxy groups -OCH3 is 1. The van der Waals surface area contributed by atoms with Gasteiger partial charge in [0, 0.05) is 23.4 Å². The summed E-state index contributed by atoms with van der Waals surface area (Å²) in [6, 6.07) is 18.8. The molecule has 0 atom stereocenters. The van der Waals surface area contributed by atoms with Gasteiger partial charge in [0.2, 0.25) is 0 Å². The maximum Gasteiger partial charge on any atom is 0.269 e. The number of aryl methyl sites for hydroxylation is 1. The van der Waals surface area contributed by atoms with E-state index in [9.17, 15) is 20.2 Å². The highest BCUT2D eigenvalue weighted by atomic mass is 16.6. The van der Waals surface area contributed by atoms with Crippen LogP contribution in [0.3, 0.4) is 0 Å². The third-order valence-electron chi connectivity index (χ3n) is 5.23. The Morgan fingerprint density at radius 2 is 1.94 bits per heavy atom. The first kappa shape index (κ1) is 25.7. The van der Waals surface area contributed by atoms with Crippen molar-refractivity contribution < 1.29 is 19.2 Å². The number of benzene rings is 3. The number of ether oxygens (including phenoxy) is 2. The number of carbonyl (C=O) groups is 1. The van der Waals surface area contributed by atoms with Crippen LogP contribution in [0.2, 0.25) is 0 Å². The lowest BCUT2D eigenvalue weighted by molar-refractivity contribution is -0.384. The molecule has 0 heterocycles. The minimum Gasteiger partial charge on any atom is -0.493 e. The van der Waals surface area contributed by atoms with Crippen LogP contribution >= 0.6 is 0 Å². The van der Waals surface area contributed by atoms with Gasteiger partial charge >= 0.3 is 0 Å². The third kappa shape index (κ3) is 6.58. The first-order valence-corrected chi connectivity index (χ1v) is 11.0. The Balaban J connectivity index is 1.89. The number of non-ortho nitro benzene ring substituents is 1. The molecule has 0 fully saturated rings. The van der Waals surface area contributed by atoms with Gasteiger partial charge < -0.3 is 14.8 Å². The van der Waals surface area contributed by atoms with Gasteiger partial charge in [0.05, 0.1) is 12.0 Å². The van der Waals surface area contributed by atoms with Crippen molar-refractivity contribution in [3.8, 4) is 17.6 Å². The van der Waals surface area contributed by atoms with E-state index in [-0.39, 0.29) is 17.9 Å². The van der Waals surface area contributed by atoms with Crippen LogP contribution in [0.25, 0.3) is 6.08 Å². The van der Waals surface area contributed by atoms with E-state index < -0.39 is 10.8 Å². The van der Waals surface area contributed by atoms with Gasteiger partial charge in [0.1, 0.15) is 18.2 Å². The molecule has 1 N–H and O–H groups in total. The van der Waals surface area contributed by atoms with Gasteiger partial charge in [-0.05, 0) is 54.8 Å². The predicted octanol–water partition coefficient (Wildman–Crippen LogP) is 5.77. The van der Waals surface area contributed by atoms with Crippen molar-refractivity contribution >= 4 is 23.4 Å². The summed E-state index contributed by atoms with van der Waals surface area (Å²) in [7, 11) is 1.48. The number of amides is 1. The molecule has 0 aliphatic rings. The zero-order valence-electron chi connectivity index (χ0n) is 20.0. The number of nitrogens with zero attached hydrogens (tertiary/aromatic N) is 2. The van der Waals surface area contributed by atoms with Gasteiger partial charge in [0.15, 0.2) is 11.5 Å². The van der Waals surface area contributed by atoms with Gasteiger partial charge in [0.25, 0.3) is 11.6 Å². The Bertz CT molecular complexity index is 1350. The highest BCUT2D eigenvalue weighted by Gasteiger charge is 2.16. The number of hydrogen-bond donors (Lipinski definition) is 1. The van der Waals surface area contributed by atoms with Crippen LogP contribution in [0.5, 0.6) is 11.5 Å². The zero-order chi connectivity index (χ0) is 26.1. The van der Waals surface area contributed by atoms with Crippen molar-refractivity contribution in [2.75, 3.05) is 12.4 Å². The quantitative estimate of drug-likeness (QED) is 0.129. The van der Waals surface area contributed by atoms with E-state index in [1.165, 1.54) is 25.3 Å². The van der Waals surface area contributed by atoms with E-state index in [1.54, 1.807) is 42.5 Å². The highest BCUT2D eigenvalue weighted by molar-refractivity contribution is 6.09. The van der Waals surface area contributed by atoms with E-state index in [2.05, 4.69) is 11.9 Å². The van der Waals surface area contributed by atoms with E-state index >= 15 is 0 Å². The molecule has 36 heavy (non-hydrogen) atoms. The minimum absolute atomic E-state index is 0.0252. The van der Waals surface area contributed by atoms with Crippen molar-refractivity contribution in [2.24, 2.45) is 0 Å². The van der Waals surface area contributed by atoms with Crippen molar-refractivity contribution in [2.45, 2.75) is 20.0 Å². The summed E-state index contributed by atoms with van der Waals surface area (Å²) in [6.45, 7) is 5.81. The van der Waals surface area contributed by atoms with Crippen molar-refractivity contribution in [3.05, 3.63) is 111 Å². The summed E-state index contributed by atoms with van der Waals surface area (Å²) < 4.78 is 11.5. The predicted molar refractivity (Wildman–Crippen MR) is 138 cm³/mol. The standard InChI is InChI=1S/C28H25N3O5/c1-4-6-22-13-21(14-23(17-29)28(32)30-24-11-9-19(2)10-12-24)16-26(35-3)27(22)36-18-20-7-5-8-25(15-20)31(33)34/h4-5,7-16H,1,6,18H2,2-3H3,(H,30,32)/b23-14-. The molecule has 3 aromatic rings. The Kier molecular flexibility index (Phi) is 8.57. The highest BCUT2D eigenvalue weighted by Crippen LogP contribution is 2.35. The number of nitrogens with one attached hydrogen (secondary N) is 1. The van der Waals surface area contributed by atoms with E-state index in [1.807, 2.05) is 25.1 Å². The number of allylic oxidation sites excluding steroid dienone is 1. The van der Waals surface area contributed by atoms with Crippen molar-refractivity contribution in [1.82, 2.24) is 0 Å². The lowest BCUT2D eigenvalue weighted by atomic mass is 10.0. The van der Waals surface area contributed by atoms with Crippen LogP contribution < -0.4 is 14.8 Å². The second kappa shape index (κ2) is 12.0. The van der Waals surface area contributed by atoms with Gasteiger partial charge in [-0.15, -0.1) is 6.58 Å². The number of nitro groups is 1. The molecular weight excluding hydrogens is 458 g/mol. The largest absolute Gasteiger partial charge is 0.493 e. The van der Waals surface area contributed by atoms with Crippen LogP contribution in [-0.4, -0.2) is 17.9 Å². The number of carbonyl (C=O) groups excluding carboxylic acids is 1. The molecule has 0 aliphatic carbocycles. The Labute approximate surface area is 209 Å². The number of anilines is 1. The van der Waals surface area contributed by atoms with E-state index in [0.29, 0.717) is 34.7 Å². The fourth-order valence-corrected chi connectivity index (χ4v) is 3.46. The van der Waals surface area contributed by atoms with Crippen molar-refractivity contribution in [3.63, 3.8) is 0 Å². The third-order valence-corrected chi connectivity index (χ3v) is 5.23. The van der Waals surface area contributed by atoms with Gasteiger partial charge in [-0.1, -0.05) is 35.9 Å². The molecule has 3 aromatic carbocycles. The fraction of sp³-hybridized carbons (Fsp3) is 0.143. The second-order valence-corrected chi connectivity index (χ2v) is 7.91. The van der Waals surface area contributed by atoms with Crippen LogP contribution in [0.4, 0.5) is 11.4 Å². The Morgan fingerprint density at radius 1 is 1.19 bits per heavy atom. The van der Waals surface area contributed by atoms with Gasteiger partial charge in [-0.25, -0.2) is 0 Å². The zero-order valence-corrected chi connectivity index (χ0v) is 20.0. The van der Waals surface area contributed by atoms with E-state index in [0.717, 1.165) is 11.1 Å². The Morgan fingerprint density at radius 3 is 2.58 bits per heavy atom. The molecule has 3 rings (SSSR count). The normalized spacial score (nSPS) is 10.8. The van der Waals surface area contributed by atoms with Crippen LogP contribution in [0.15, 0.2) is 78.9 Å². The first-order valence-electron chi connectivity index (χ1n) is 11.0. The second-order valence-electron chi connectivity index (χ2n) is 7.91. The molecule has 0 radical (unpaired) electrons. The molecule has 0 aliphatic heterocycles. The average Bonchev–Trinajstić information content (AvgIpc) is 2.87. The lowest BCUT2D eigenvalue weighted by Gasteiger charge is -2.16. The molecule has 182 valence electrons. The summed E-state index contributed by atoms with van der Waals surface area (Å²) >= 11 is 0. The smallest absolute Gasteiger partial charge is 0.269 e. The molecular formula is C28H25N3O5. The molecule has 0 aromatic heterocycles. The minimum atomic E-state index is -0.531.